The molecule has 1 N–H and O–H groups in total. The third-order valence-corrected chi connectivity index (χ3v) is 4.13. The Bertz CT molecular complexity index is 624. The van der Waals surface area contributed by atoms with Crippen LogP contribution in [0.3, 0.4) is 0 Å². The Balaban J connectivity index is 1.65. The van der Waals surface area contributed by atoms with E-state index in [4.69, 9.17) is 0 Å². The van der Waals surface area contributed by atoms with Crippen LogP contribution in [0.4, 0.5) is 0 Å². The number of nitrogens with zero attached hydrogens (tertiary/aromatic N) is 1. The van der Waals surface area contributed by atoms with Gasteiger partial charge in [-0.3, -0.25) is 4.79 Å². The maximum absolute atomic E-state index is 12.6. The van der Waals surface area contributed by atoms with Gasteiger partial charge in [-0.1, -0.05) is 36.4 Å². The number of fused-ring (bicyclic) bond motifs is 1. The van der Waals surface area contributed by atoms with E-state index in [-0.39, 0.29) is 17.6 Å². The van der Waals surface area contributed by atoms with Crippen LogP contribution in [0.2, 0.25) is 0 Å². The minimum Gasteiger partial charge on any atom is -0.508 e. The summed E-state index contributed by atoms with van der Waals surface area (Å²) in [7, 11) is 1.85. The van der Waals surface area contributed by atoms with Gasteiger partial charge in [-0.2, -0.15) is 0 Å². The fourth-order valence-electron chi connectivity index (χ4n) is 3.00. The van der Waals surface area contributed by atoms with E-state index in [1.807, 2.05) is 31.3 Å². The van der Waals surface area contributed by atoms with Crippen LogP contribution >= 0.6 is 0 Å². The number of rotatable bonds is 3. The first-order valence-electron chi connectivity index (χ1n) is 7.23. The SMILES string of the molecule is CN(Cc1ccc(O)cc1)C(=O)C1Cc2ccccc2C1. The molecule has 3 nitrogen and oxygen atoms in total. The highest BCUT2D eigenvalue weighted by Crippen LogP contribution is 2.28. The molecule has 1 aliphatic carbocycles. The molecule has 3 rings (SSSR count). The molecule has 0 radical (unpaired) electrons. The molecule has 0 saturated carbocycles. The lowest BCUT2D eigenvalue weighted by Crippen LogP contribution is -2.32. The summed E-state index contributed by atoms with van der Waals surface area (Å²) in [6.07, 6.45) is 1.68. The lowest BCUT2D eigenvalue weighted by Gasteiger charge is -2.21. The van der Waals surface area contributed by atoms with Gasteiger partial charge in [-0.05, 0) is 41.7 Å². The quantitative estimate of drug-likeness (QED) is 0.939. The number of hydrogen-bond acceptors (Lipinski definition) is 2. The lowest BCUT2D eigenvalue weighted by molar-refractivity contribution is -0.134. The Morgan fingerprint density at radius 1 is 1.10 bits per heavy atom. The molecular weight excluding hydrogens is 262 g/mol. The summed E-state index contributed by atoms with van der Waals surface area (Å²) in [6.45, 7) is 0.575. The highest BCUT2D eigenvalue weighted by atomic mass is 16.3. The van der Waals surface area contributed by atoms with Crippen molar-refractivity contribution in [3.8, 4) is 5.75 Å². The third kappa shape index (κ3) is 2.92. The van der Waals surface area contributed by atoms with Crippen molar-refractivity contribution in [1.82, 2.24) is 4.90 Å². The molecular formula is C18H19NO2. The largest absolute Gasteiger partial charge is 0.508 e. The minimum atomic E-state index is 0.0597. The monoisotopic (exact) mass is 281 g/mol. The van der Waals surface area contributed by atoms with Crippen LogP contribution in [0.25, 0.3) is 0 Å². The molecule has 0 fully saturated rings. The first kappa shape index (κ1) is 13.7. The van der Waals surface area contributed by atoms with Crippen molar-refractivity contribution in [1.29, 1.82) is 0 Å². The zero-order chi connectivity index (χ0) is 14.8. The van der Waals surface area contributed by atoms with Gasteiger partial charge in [0.15, 0.2) is 0 Å². The van der Waals surface area contributed by atoms with Crippen molar-refractivity contribution >= 4 is 5.91 Å². The summed E-state index contributed by atoms with van der Waals surface area (Å²) in [5.41, 5.74) is 3.63. The van der Waals surface area contributed by atoms with E-state index in [9.17, 15) is 9.90 Å². The Labute approximate surface area is 124 Å². The Morgan fingerprint density at radius 2 is 1.67 bits per heavy atom. The van der Waals surface area contributed by atoms with Gasteiger partial charge in [0, 0.05) is 19.5 Å². The van der Waals surface area contributed by atoms with Crippen LogP contribution in [-0.4, -0.2) is 23.0 Å². The zero-order valence-electron chi connectivity index (χ0n) is 12.1. The van der Waals surface area contributed by atoms with Crippen molar-refractivity contribution in [3.05, 3.63) is 65.2 Å². The maximum Gasteiger partial charge on any atom is 0.226 e. The molecule has 108 valence electrons. The summed E-state index contributed by atoms with van der Waals surface area (Å²) >= 11 is 0. The van der Waals surface area contributed by atoms with E-state index in [1.165, 1.54) is 11.1 Å². The number of phenolic OH excluding ortho intramolecular Hbond substituents is 1. The first-order valence-corrected chi connectivity index (χ1v) is 7.23. The average molecular weight is 281 g/mol. The zero-order valence-corrected chi connectivity index (χ0v) is 12.1. The molecule has 1 amide bonds. The topological polar surface area (TPSA) is 40.5 Å². The van der Waals surface area contributed by atoms with Crippen LogP contribution in [0.1, 0.15) is 16.7 Å². The van der Waals surface area contributed by atoms with Crippen LogP contribution in [-0.2, 0) is 24.2 Å². The highest BCUT2D eigenvalue weighted by Gasteiger charge is 2.29. The summed E-state index contributed by atoms with van der Waals surface area (Å²) in [4.78, 5) is 14.3. The molecule has 3 heteroatoms. The third-order valence-electron chi connectivity index (χ3n) is 4.13. The Morgan fingerprint density at radius 3 is 2.24 bits per heavy atom. The van der Waals surface area contributed by atoms with Gasteiger partial charge >= 0.3 is 0 Å². The van der Waals surface area contributed by atoms with Crippen LogP contribution in [0.5, 0.6) is 5.75 Å². The fourth-order valence-corrected chi connectivity index (χ4v) is 3.00. The van der Waals surface area contributed by atoms with Crippen molar-refractivity contribution < 1.29 is 9.90 Å². The van der Waals surface area contributed by atoms with Crippen LogP contribution < -0.4 is 0 Å². The summed E-state index contributed by atoms with van der Waals surface area (Å²) in [6, 6.07) is 15.3. The molecule has 0 saturated heterocycles. The second-order valence-electron chi connectivity index (χ2n) is 5.73. The number of benzene rings is 2. The molecule has 21 heavy (non-hydrogen) atoms. The van der Waals surface area contributed by atoms with E-state index in [2.05, 4.69) is 12.1 Å². The number of amides is 1. The standard InChI is InChI=1S/C18H19NO2/c1-19(12-13-6-8-17(20)9-7-13)18(21)16-10-14-4-2-3-5-15(14)11-16/h2-9,16,20H,10-12H2,1H3. The minimum absolute atomic E-state index is 0.0597. The Hall–Kier alpha value is -2.29. The van der Waals surface area contributed by atoms with Crippen LogP contribution in [0.15, 0.2) is 48.5 Å². The van der Waals surface area contributed by atoms with Crippen molar-refractivity contribution in [3.63, 3.8) is 0 Å². The number of carbonyl (C=O) groups is 1. The van der Waals surface area contributed by atoms with Crippen molar-refractivity contribution in [2.45, 2.75) is 19.4 Å². The molecule has 0 aliphatic heterocycles. The first-order chi connectivity index (χ1) is 10.1. The number of carbonyl (C=O) groups excluding carboxylic acids is 1. The van der Waals surface area contributed by atoms with E-state index >= 15 is 0 Å². The van der Waals surface area contributed by atoms with Gasteiger partial charge in [-0.15, -0.1) is 0 Å². The molecule has 0 bridgehead atoms. The van der Waals surface area contributed by atoms with E-state index in [1.54, 1.807) is 17.0 Å². The number of hydrogen-bond donors (Lipinski definition) is 1. The number of aromatic hydroxyl groups is 1. The second kappa shape index (κ2) is 5.60. The predicted octanol–water partition coefficient (Wildman–Crippen LogP) is 2.77. The summed E-state index contributed by atoms with van der Waals surface area (Å²) in [5.74, 6) is 0.503. The van der Waals surface area contributed by atoms with Crippen molar-refractivity contribution in [2.24, 2.45) is 5.92 Å². The van der Waals surface area contributed by atoms with Gasteiger partial charge in [0.2, 0.25) is 5.91 Å². The van der Waals surface area contributed by atoms with Gasteiger partial charge in [0.1, 0.15) is 5.75 Å². The summed E-state index contributed by atoms with van der Waals surface area (Å²) in [5, 5.41) is 9.29. The second-order valence-corrected chi connectivity index (χ2v) is 5.73. The normalized spacial score (nSPS) is 14.0. The van der Waals surface area contributed by atoms with Gasteiger partial charge in [0.25, 0.3) is 0 Å². The fraction of sp³-hybridized carbons (Fsp3) is 0.278. The predicted molar refractivity (Wildman–Crippen MR) is 81.9 cm³/mol. The molecule has 0 aromatic heterocycles. The van der Waals surface area contributed by atoms with E-state index in [0.717, 1.165) is 18.4 Å². The van der Waals surface area contributed by atoms with Crippen LogP contribution in [0, 0.1) is 5.92 Å². The maximum atomic E-state index is 12.6. The molecule has 0 unspecified atom stereocenters. The molecule has 0 heterocycles. The lowest BCUT2D eigenvalue weighted by atomic mass is 10.0. The smallest absolute Gasteiger partial charge is 0.226 e. The molecule has 0 atom stereocenters. The molecule has 1 aliphatic rings. The van der Waals surface area contributed by atoms with E-state index < -0.39 is 0 Å². The van der Waals surface area contributed by atoms with Crippen molar-refractivity contribution in [2.75, 3.05) is 7.05 Å². The summed E-state index contributed by atoms with van der Waals surface area (Å²) < 4.78 is 0. The molecule has 0 spiro atoms. The molecule has 2 aromatic rings. The number of phenols is 1. The average Bonchev–Trinajstić information content (AvgIpc) is 2.92. The van der Waals surface area contributed by atoms with Gasteiger partial charge < -0.3 is 10.0 Å². The molecule has 2 aromatic carbocycles. The van der Waals surface area contributed by atoms with E-state index in [0.29, 0.717) is 6.54 Å². The van der Waals surface area contributed by atoms with Gasteiger partial charge in [-0.25, -0.2) is 0 Å². The van der Waals surface area contributed by atoms with Gasteiger partial charge in [0.05, 0.1) is 0 Å². The highest BCUT2D eigenvalue weighted by molar-refractivity contribution is 5.80. The Kier molecular flexibility index (Phi) is 3.65.